The Morgan fingerprint density at radius 3 is 2.58 bits per heavy atom. The first-order valence-corrected chi connectivity index (χ1v) is 6.76. The first kappa shape index (κ1) is 13.7. The van der Waals surface area contributed by atoms with E-state index in [4.69, 9.17) is 11.6 Å². The maximum absolute atomic E-state index is 5.84. The van der Waals surface area contributed by atoms with Gasteiger partial charge in [0.1, 0.15) is 11.5 Å². The highest BCUT2D eigenvalue weighted by molar-refractivity contribution is 6.30. The van der Waals surface area contributed by atoms with Crippen LogP contribution in [0.2, 0.25) is 5.02 Å². The van der Waals surface area contributed by atoms with Crippen LogP contribution in [0, 0.1) is 6.92 Å². The van der Waals surface area contributed by atoms with Gasteiger partial charge in [0.25, 0.3) is 0 Å². The third kappa shape index (κ3) is 3.01. The Labute approximate surface area is 118 Å². The molecular formula is C14H17ClN4. The summed E-state index contributed by atoms with van der Waals surface area (Å²) in [6.07, 6.45) is 2.51. The molecule has 0 aliphatic rings. The number of aryl methyl sites for hydroxylation is 1. The first-order valence-electron chi connectivity index (χ1n) is 6.39. The lowest BCUT2D eigenvalue weighted by molar-refractivity contribution is 0.983. The minimum absolute atomic E-state index is 0.609. The van der Waals surface area contributed by atoms with Gasteiger partial charge in [-0.1, -0.05) is 18.5 Å². The molecule has 0 aliphatic carbocycles. The summed E-state index contributed by atoms with van der Waals surface area (Å²) >= 11 is 5.84. The van der Waals surface area contributed by atoms with Crippen molar-refractivity contribution >= 4 is 17.4 Å². The van der Waals surface area contributed by atoms with E-state index in [1.807, 2.05) is 13.0 Å². The van der Waals surface area contributed by atoms with Gasteiger partial charge in [0, 0.05) is 24.0 Å². The van der Waals surface area contributed by atoms with Crippen molar-refractivity contribution in [2.75, 3.05) is 11.9 Å². The number of anilines is 1. The van der Waals surface area contributed by atoms with E-state index < -0.39 is 0 Å². The quantitative estimate of drug-likeness (QED) is 0.929. The third-order valence-corrected chi connectivity index (χ3v) is 3.09. The van der Waals surface area contributed by atoms with Gasteiger partial charge in [-0.3, -0.25) is 4.98 Å². The molecule has 2 heterocycles. The molecule has 0 bridgehead atoms. The summed E-state index contributed by atoms with van der Waals surface area (Å²) in [5.74, 6) is 1.52. The van der Waals surface area contributed by atoms with E-state index in [2.05, 4.69) is 34.1 Å². The van der Waals surface area contributed by atoms with Crippen LogP contribution in [0.25, 0.3) is 11.5 Å². The molecule has 2 aromatic heterocycles. The van der Waals surface area contributed by atoms with Gasteiger partial charge in [-0.2, -0.15) is 0 Å². The Morgan fingerprint density at radius 2 is 2.00 bits per heavy atom. The molecular weight excluding hydrogens is 260 g/mol. The van der Waals surface area contributed by atoms with Crippen molar-refractivity contribution in [2.24, 2.45) is 0 Å². The van der Waals surface area contributed by atoms with Gasteiger partial charge in [0.2, 0.25) is 0 Å². The Balaban J connectivity index is 2.49. The van der Waals surface area contributed by atoms with Gasteiger partial charge in [-0.15, -0.1) is 0 Å². The number of nitrogens with zero attached hydrogens (tertiary/aromatic N) is 3. The first-order chi connectivity index (χ1) is 9.15. The van der Waals surface area contributed by atoms with Gasteiger partial charge in [0.05, 0.1) is 5.02 Å². The van der Waals surface area contributed by atoms with Crippen molar-refractivity contribution in [2.45, 2.75) is 27.2 Å². The van der Waals surface area contributed by atoms with Crippen molar-refractivity contribution < 1.29 is 0 Å². The highest BCUT2D eigenvalue weighted by Crippen LogP contribution is 2.22. The van der Waals surface area contributed by atoms with Crippen molar-refractivity contribution in [3.8, 4) is 11.5 Å². The summed E-state index contributed by atoms with van der Waals surface area (Å²) in [5.41, 5.74) is 2.87. The number of hydrogen-bond acceptors (Lipinski definition) is 4. The lowest BCUT2D eigenvalue weighted by atomic mass is 10.1. The average molecular weight is 277 g/mol. The molecule has 0 spiro atoms. The molecule has 19 heavy (non-hydrogen) atoms. The molecule has 0 saturated carbocycles. The topological polar surface area (TPSA) is 50.7 Å². The van der Waals surface area contributed by atoms with Gasteiger partial charge in [-0.25, -0.2) is 9.97 Å². The van der Waals surface area contributed by atoms with E-state index in [1.165, 1.54) is 0 Å². The van der Waals surface area contributed by atoms with Crippen LogP contribution < -0.4 is 5.32 Å². The number of nitrogens with one attached hydrogen (secondary N) is 1. The second-order valence-electron chi connectivity index (χ2n) is 4.21. The fourth-order valence-corrected chi connectivity index (χ4v) is 2.07. The second kappa shape index (κ2) is 5.97. The predicted octanol–water partition coefficient (Wildman–Crippen LogP) is 3.49. The molecule has 0 aliphatic heterocycles. The van der Waals surface area contributed by atoms with Crippen molar-refractivity contribution in [3.05, 3.63) is 34.6 Å². The number of pyridine rings is 1. The van der Waals surface area contributed by atoms with Crippen LogP contribution >= 0.6 is 11.6 Å². The largest absolute Gasteiger partial charge is 0.370 e. The molecule has 0 fully saturated rings. The van der Waals surface area contributed by atoms with Gasteiger partial charge in [-0.05, 0) is 32.4 Å². The van der Waals surface area contributed by atoms with E-state index in [0.717, 1.165) is 35.7 Å². The summed E-state index contributed by atoms with van der Waals surface area (Å²) in [7, 11) is 0. The minimum Gasteiger partial charge on any atom is -0.370 e. The number of rotatable bonds is 4. The zero-order valence-electron chi connectivity index (χ0n) is 11.4. The Hall–Kier alpha value is -1.68. The number of aromatic nitrogens is 3. The Bertz CT molecular complexity index is 566. The predicted molar refractivity (Wildman–Crippen MR) is 78.6 cm³/mol. The molecule has 0 aromatic carbocycles. The smallest absolute Gasteiger partial charge is 0.180 e. The maximum Gasteiger partial charge on any atom is 0.180 e. The third-order valence-electron chi connectivity index (χ3n) is 2.87. The van der Waals surface area contributed by atoms with Crippen LogP contribution in [0.5, 0.6) is 0 Å². The van der Waals surface area contributed by atoms with Gasteiger partial charge in [0.15, 0.2) is 5.82 Å². The van der Waals surface area contributed by atoms with Crippen LogP contribution in [0.4, 0.5) is 5.82 Å². The van der Waals surface area contributed by atoms with Crippen LogP contribution in [-0.4, -0.2) is 21.5 Å². The molecule has 1 N–H and O–H groups in total. The second-order valence-corrected chi connectivity index (χ2v) is 4.64. The summed E-state index contributed by atoms with van der Waals surface area (Å²) in [4.78, 5) is 13.4. The molecule has 5 heteroatoms. The molecule has 2 rings (SSSR count). The van der Waals surface area contributed by atoms with Crippen molar-refractivity contribution in [1.82, 2.24) is 15.0 Å². The van der Waals surface area contributed by atoms with Crippen molar-refractivity contribution in [3.63, 3.8) is 0 Å². The molecule has 0 radical (unpaired) electrons. The number of hydrogen-bond donors (Lipinski definition) is 1. The lowest BCUT2D eigenvalue weighted by Crippen LogP contribution is -2.08. The summed E-state index contributed by atoms with van der Waals surface area (Å²) in [6, 6.07) is 3.63. The normalized spacial score (nSPS) is 10.5. The van der Waals surface area contributed by atoms with Gasteiger partial charge < -0.3 is 5.32 Å². The maximum atomic E-state index is 5.84. The van der Waals surface area contributed by atoms with Gasteiger partial charge >= 0.3 is 0 Å². The van der Waals surface area contributed by atoms with Crippen LogP contribution in [0.3, 0.4) is 0 Å². The molecule has 0 unspecified atom stereocenters. The molecule has 2 aromatic rings. The van der Waals surface area contributed by atoms with Crippen LogP contribution in [0.1, 0.15) is 25.1 Å². The summed E-state index contributed by atoms with van der Waals surface area (Å²) in [5, 5.41) is 3.89. The molecule has 0 saturated heterocycles. The highest BCUT2D eigenvalue weighted by Gasteiger charge is 2.11. The van der Waals surface area contributed by atoms with Crippen molar-refractivity contribution in [1.29, 1.82) is 0 Å². The van der Waals surface area contributed by atoms with E-state index in [0.29, 0.717) is 10.8 Å². The van der Waals surface area contributed by atoms with Crippen LogP contribution in [-0.2, 0) is 6.42 Å². The molecule has 0 atom stereocenters. The van der Waals surface area contributed by atoms with E-state index in [-0.39, 0.29) is 0 Å². The average Bonchev–Trinajstić information content (AvgIpc) is 2.39. The fraction of sp³-hybridized carbons (Fsp3) is 0.357. The monoisotopic (exact) mass is 276 g/mol. The van der Waals surface area contributed by atoms with Crippen LogP contribution in [0.15, 0.2) is 18.3 Å². The summed E-state index contributed by atoms with van der Waals surface area (Å²) < 4.78 is 0. The standard InChI is InChI=1S/C14H17ClN4/c1-4-11-9(3)18-14(19-13(11)16-5-2)12-7-6-10(15)8-17-12/h6-8H,4-5H2,1-3H3,(H,16,18,19). The zero-order chi connectivity index (χ0) is 13.8. The SMILES string of the molecule is CCNc1nc(-c2ccc(Cl)cn2)nc(C)c1CC. The van der Waals surface area contributed by atoms with E-state index >= 15 is 0 Å². The van der Waals surface area contributed by atoms with E-state index in [1.54, 1.807) is 12.3 Å². The summed E-state index contributed by atoms with van der Waals surface area (Å²) in [6.45, 7) is 6.99. The Morgan fingerprint density at radius 1 is 1.21 bits per heavy atom. The number of halogens is 1. The minimum atomic E-state index is 0.609. The fourth-order valence-electron chi connectivity index (χ4n) is 1.96. The molecule has 0 amide bonds. The lowest BCUT2D eigenvalue weighted by Gasteiger charge is -2.12. The Kier molecular flexibility index (Phi) is 4.32. The molecule has 4 nitrogen and oxygen atoms in total. The van der Waals surface area contributed by atoms with E-state index in [9.17, 15) is 0 Å². The highest BCUT2D eigenvalue weighted by atomic mass is 35.5. The zero-order valence-corrected chi connectivity index (χ0v) is 12.1. The molecule has 100 valence electrons.